The molecule has 1 heterocycles. The van der Waals surface area contributed by atoms with Crippen LogP contribution < -0.4 is 5.46 Å². The molecule has 1 fully saturated rings. The Morgan fingerprint density at radius 3 is 2.31 bits per heavy atom. The Bertz CT molecular complexity index is 361. The van der Waals surface area contributed by atoms with E-state index in [0.29, 0.717) is 19.6 Å². The van der Waals surface area contributed by atoms with Gasteiger partial charge in [-0.1, -0.05) is 24.3 Å². The van der Waals surface area contributed by atoms with E-state index in [2.05, 4.69) is 0 Å². The molecule has 0 saturated carbocycles. The molecule has 0 atom stereocenters. The molecular weight excluding hydrogens is 220 g/mol. The molecule has 1 aromatic rings. The van der Waals surface area contributed by atoms with Crippen molar-refractivity contribution in [2.45, 2.75) is 12.6 Å². The van der Waals surface area contributed by atoms with Crippen molar-refractivity contribution in [2.75, 3.05) is 13.2 Å². The Hall–Kier alpha value is -1.01. The number of alkyl halides is 3. The average Bonchev–Trinajstić information content (AvgIpc) is 2.29. The predicted octanol–water partition coefficient (Wildman–Crippen LogP) is 1.84. The Morgan fingerprint density at radius 2 is 1.69 bits per heavy atom. The van der Waals surface area contributed by atoms with Gasteiger partial charge in [-0.25, -0.2) is 0 Å². The molecule has 0 aliphatic carbocycles. The van der Waals surface area contributed by atoms with Crippen molar-refractivity contribution >= 4 is 12.6 Å². The van der Waals surface area contributed by atoms with Crippen molar-refractivity contribution < 1.29 is 22.5 Å². The zero-order valence-electron chi connectivity index (χ0n) is 8.46. The number of hydrogen-bond acceptors (Lipinski definition) is 2. The molecule has 1 aliphatic rings. The molecule has 0 bridgehead atoms. The van der Waals surface area contributed by atoms with Crippen molar-refractivity contribution in [1.82, 2.24) is 0 Å². The van der Waals surface area contributed by atoms with E-state index in [-0.39, 0.29) is 5.46 Å². The van der Waals surface area contributed by atoms with Gasteiger partial charge in [0.05, 0.1) is 5.56 Å². The SMILES string of the molecule is FC(F)(F)c1ccccc1B1OCCCO1. The van der Waals surface area contributed by atoms with Crippen molar-refractivity contribution in [3.05, 3.63) is 29.8 Å². The molecule has 1 saturated heterocycles. The van der Waals surface area contributed by atoms with Gasteiger partial charge in [0.1, 0.15) is 0 Å². The second-order valence-electron chi connectivity index (χ2n) is 3.51. The summed E-state index contributed by atoms with van der Waals surface area (Å²) in [5.74, 6) is 0. The van der Waals surface area contributed by atoms with Gasteiger partial charge in [-0.2, -0.15) is 13.2 Å². The molecule has 6 heteroatoms. The lowest BCUT2D eigenvalue weighted by molar-refractivity contribution is -0.136. The van der Waals surface area contributed by atoms with Crippen LogP contribution in [0.2, 0.25) is 0 Å². The van der Waals surface area contributed by atoms with Gasteiger partial charge in [-0.05, 0) is 11.9 Å². The maximum absolute atomic E-state index is 12.7. The van der Waals surface area contributed by atoms with Crippen LogP contribution in [0.25, 0.3) is 0 Å². The molecule has 1 aromatic carbocycles. The van der Waals surface area contributed by atoms with Gasteiger partial charge in [-0.15, -0.1) is 0 Å². The highest BCUT2D eigenvalue weighted by Crippen LogP contribution is 2.28. The van der Waals surface area contributed by atoms with E-state index in [0.717, 1.165) is 6.07 Å². The van der Waals surface area contributed by atoms with Crippen molar-refractivity contribution in [3.63, 3.8) is 0 Å². The fourth-order valence-corrected chi connectivity index (χ4v) is 1.63. The highest BCUT2D eigenvalue weighted by atomic mass is 19.4. The lowest BCUT2D eigenvalue weighted by Crippen LogP contribution is -2.44. The van der Waals surface area contributed by atoms with Crippen LogP contribution in [0.15, 0.2) is 24.3 Å². The van der Waals surface area contributed by atoms with E-state index in [9.17, 15) is 13.2 Å². The van der Waals surface area contributed by atoms with Crippen molar-refractivity contribution in [1.29, 1.82) is 0 Å². The fraction of sp³-hybridized carbons (Fsp3) is 0.400. The Labute approximate surface area is 91.5 Å². The van der Waals surface area contributed by atoms with Crippen LogP contribution in [0.4, 0.5) is 13.2 Å². The number of hydrogen-bond donors (Lipinski definition) is 0. The molecule has 86 valence electrons. The first-order valence-electron chi connectivity index (χ1n) is 4.98. The Kier molecular flexibility index (Phi) is 3.21. The minimum atomic E-state index is -4.37. The largest absolute Gasteiger partial charge is 0.494 e. The minimum absolute atomic E-state index is 0.0506. The predicted molar refractivity (Wildman–Crippen MR) is 53.4 cm³/mol. The molecule has 2 rings (SSSR count). The molecular formula is C10H10BF3O2. The molecule has 0 spiro atoms. The first-order valence-corrected chi connectivity index (χ1v) is 4.98. The summed E-state index contributed by atoms with van der Waals surface area (Å²) in [6.07, 6.45) is -3.66. The van der Waals surface area contributed by atoms with Gasteiger partial charge in [0.2, 0.25) is 0 Å². The summed E-state index contributed by atoms with van der Waals surface area (Å²) >= 11 is 0. The number of rotatable bonds is 1. The van der Waals surface area contributed by atoms with Gasteiger partial charge in [0.15, 0.2) is 0 Å². The van der Waals surface area contributed by atoms with E-state index in [1.54, 1.807) is 6.07 Å². The van der Waals surface area contributed by atoms with Gasteiger partial charge in [-0.3, -0.25) is 0 Å². The second kappa shape index (κ2) is 4.47. The highest BCUT2D eigenvalue weighted by molar-refractivity contribution is 6.62. The van der Waals surface area contributed by atoms with E-state index < -0.39 is 18.9 Å². The van der Waals surface area contributed by atoms with Crippen LogP contribution in [-0.2, 0) is 15.5 Å². The monoisotopic (exact) mass is 230 g/mol. The van der Waals surface area contributed by atoms with Crippen LogP contribution in [0.5, 0.6) is 0 Å². The highest BCUT2D eigenvalue weighted by Gasteiger charge is 2.38. The Balaban J connectivity index is 2.32. The molecule has 1 aliphatic heterocycles. The molecule has 0 N–H and O–H groups in total. The third kappa shape index (κ3) is 2.39. The maximum Gasteiger partial charge on any atom is 0.494 e. The first-order chi connectivity index (χ1) is 7.59. The summed E-state index contributed by atoms with van der Waals surface area (Å²) < 4.78 is 48.4. The van der Waals surface area contributed by atoms with Crippen LogP contribution in [-0.4, -0.2) is 20.3 Å². The molecule has 0 radical (unpaired) electrons. The van der Waals surface area contributed by atoms with E-state index in [1.807, 2.05) is 0 Å². The van der Waals surface area contributed by atoms with Gasteiger partial charge < -0.3 is 9.31 Å². The van der Waals surface area contributed by atoms with Gasteiger partial charge in [0.25, 0.3) is 0 Å². The molecule has 0 unspecified atom stereocenters. The molecule has 0 aromatic heterocycles. The average molecular weight is 230 g/mol. The smallest absolute Gasteiger partial charge is 0.407 e. The first kappa shape index (κ1) is 11.5. The lowest BCUT2D eigenvalue weighted by atomic mass is 9.75. The lowest BCUT2D eigenvalue weighted by Gasteiger charge is -2.22. The third-order valence-corrected chi connectivity index (χ3v) is 2.35. The van der Waals surface area contributed by atoms with Crippen LogP contribution >= 0.6 is 0 Å². The zero-order chi connectivity index (χ0) is 11.6. The van der Waals surface area contributed by atoms with Gasteiger partial charge >= 0.3 is 13.3 Å². The third-order valence-electron chi connectivity index (χ3n) is 2.35. The number of halogens is 3. The van der Waals surface area contributed by atoms with Crippen LogP contribution in [0, 0.1) is 0 Å². The van der Waals surface area contributed by atoms with Crippen LogP contribution in [0.3, 0.4) is 0 Å². The quantitative estimate of drug-likeness (QED) is 0.685. The summed E-state index contributed by atoms with van der Waals surface area (Å²) in [6.45, 7) is 0.855. The summed E-state index contributed by atoms with van der Waals surface area (Å²) in [5, 5.41) is 0. The van der Waals surface area contributed by atoms with E-state index >= 15 is 0 Å². The van der Waals surface area contributed by atoms with Gasteiger partial charge in [0, 0.05) is 13.2 Å². The molecule has 16 heavy (non-hydrogen) atoms. The standard InChI is InChI=1S/C10H10BF3O2/c12-10(13,14)8-4-1-2-5-9(8)11-15-6-3-7-16-11/h1-2,4-5H,3,6-7H2. The second-order valence-corrected chi connectivity index (χ2v) is 3.51. The topological polar surface area (TPSA) is 18.5 Å². The van der Waals surface area contributed by atoms with E-state index in [1.165, 1.54) is 12.1 Å². The summed E-state index contributed by atoms with van der Waals surface area (Å²) in [5.41, 5.74) is -0.642. The zero-order valence-corrected chi connectivity index (χ0v) is 8.46. The molecule has 0 amide bonds. The molecule has 2 nitrogen and oxygen atoms in total. The minimum Gasteiger partial charge on any atom is -0.407 e. The summed E-state index contributed by atoms with van der Waals surface area (Å²) in [4.78, 5) is 0. The summed E-state index contributed by atoms with van der Waals surface area (Å²) in [6, 6.07) is 5.33. The normalized spacial score (nSPS) is 17.6. The van der Waals surface area contributed by atoms with Crippen molar-refractivity contribution in [2.24, 2.45) is 0 Å². The Morgan fingerprint density at radius 1 is 1.06 bits per heavy atom. The number of benzene rings is 1. The fourth-order valence-electron chi connectivity index (χ4n) is 1.63. The van der Waals surface area contributed by atoms with Crippen LogP contribution in [0.1, 0.15) is 12.0 Å². The summed E-state index contributed by atoms with van der Waals surface area (Å²) in [7, 11) is -0.897. The maximum atomic E-state index is 12.7. The van der Waals surface area contributed by atoms with E-state index in [4.69, 9.17) is 9.31 Å². The van der Waals surface area contributed by atoms with Crippen molar-refractivity contribution in [3.8, 4) is 0 Å².